The van der Waals surface area contributed by atoms with Crippen LogP contribution in [0.5, 0.6) is 0 Å². The molecular weight excluding hydrogens is 134 g/mol. The van der Waals surface area contributed by atoms with E-state index in [4.69, 9.17) is 0 Å². The fourth-order valence-corrected chi connectivity index (χ4v) is 2.15. The van der Waals surface area contributed by atoms with Crippen molar-refractivity contribution in [3.05, 3.63) is 12.3 Å². The first-order valence-corrected chi connectivity index (χ1v) is 4.60. The highest BCUT2D eigenvalue weighted by Crippen LogP contribution is 2.49. The summed E-state index contributed by atoms with van der Waals surface area (Å²) in [6.07, 6.45) is 4.08. The molecule has 2 fully saturated rings. The van der Waals surface area contributed by atoms with Gasteiger partial charge in [-0.15, -0.1) is 0 Å². The van der Waals surface area contributed by atoms with Gasteiger partial charge in [-0.1, -0.05) is 20.4 Å². The molecule has 1 nitrogen and oxygen atoms in total. The molecule has 1 aliphatic carbocycles. The Balaban J connectivity index is 0.000000720. The number of rotatable bonds is 1. The van der Waals surface area contributed by atoms with Gasteiger partial charge < -0.3 is 5.32 Å². The summed E-state index contributed by atoms with van der Waals surface area (Å²) in [6, 6.07) is 0. The first-order chi connectivity index (χ1) is 5.13. The third-order valence-corrected chi connectivity index (χ3v) is 3.14. The minimum absolute atomic E-state index is 0. The largest absolute Gasteiger partial charge is 0.383 e. The van der Waals surface area contributed by atoms with E-state index in [0.29, 0.717) is 5.54 Å². The molecule has 1 N–H and O–H groups in total. The third kappa shape index (κ3) is 1.07. The van der Waals surface area contributed by atoms with E-state index in [0.717, 1.165) is 11.8 Å². The summed E-state index contributed by atoms with van der Waals surface area (Å²) in [5.41, 5.74) is 1.81. The first kappa shape index (κ1) is 7.20. The van der Waals surface area contributed by atoms with E-state index in [1.54, 1.807) is 0 Å². The lowest BCUT2D eigenvalue weighted by Gasteiger charge is -2.13. The van der Waals surface area contributed by atoms with Gasteiger partial charge in [-0.3, -0.25) is 0 Å². The SMILES string of the molecule is C=C1NC2(CC2)CC1C(C)C.[HH]. The summed E-state index contributed by atoms with van der Waals surface area (Å²) in [7, 11) is 0. The Bertz CT molecular complexity index is 194. The van der Waals surface area contributed by atoms with Crippen molar-refractivity contribution in [3.63, 3.8) is 0 Å². The first-order valence-electron chi connectivity index (χ1n) is 4.60. The quantitative estimate of drug-likeness (QED) is 0.610. The second-order valence-electron chi connectivity index (χ2n) is 4.49. The van der Waals surface area contributed by atoms with E-state index in [1.165, 1.54) is 25.0 Å². The molecule has 2 aliphatic rings. The smallest absolute Gasteiger partial charge is 0.0379 e. The predicted octanol–water partition coefficient (Wildman–Crippen LogP) is 2.54. The molecule has 0 aromatic rings. The summed E-state index contributed by atoms with van der Waals surface area (Å²) < 4.78 is 0. The van der Waals surface area contributed by atoms with Gasteiger partial charge in [-0.2, -0.15) is 0 Å². The van der Waals surface area contributed by atoms with Crippen LogP contribution in [0.4, 0.5) is 0 Å². The van der Waals surface area contributed by atoms with Crippen molar-refractivity contribution < 1.29 is 1.43 Å². The Labute approximate surface area is 70.4 Å². The van der Waals surface area contributed by atoms with E-state index in [-0.39, 0.29) is 1.43 Å². The van der Waals surface area contributed by atoms with E-state index >= 15 is 0 Å². The van der Waals surface area contributed by atoms with Crippen molar-refractivity contribution in [2.45, 2.75) is 38.6 Å². The Kier molecular flexibility index (Phi) is 1.33. The van der Waals surface area contributed by atoms with Crippen LogP contribution in [0, 0.1) is 11.8 Å². The average Bonchev–Trinajstić information content (AvgIpc) is 2.54. The molecule has 1 saturated heterocycles. The third-order valence-electron chi connectivity index (χ3n) is 3.14. The Hall–Kier alpha value is -0.460. The van der Waals surface area contributed by atoms with Crippen molar-refractivity contribution in [3.8, 4) is 0 Å². The van der Waals surface area contributed by atoms with Crippen LogP contribution in [0.1, 0.15) is 34.5 Å². The molecule has 1 heteroatoms. The van der Waals surface area contributed by atoms with Gasteiger partial charge in [-0.25, -0.2) is 0 Å². The summed E-state index contributed by atoms with van der Waals surface area (Å²) in [5, 5.41) is 3.54. The summed E-state index contributed by atoms with van der Waals surface area (Å²) in [5.74, 6) is 1.49. The molecule has 64 valence electrons. The molecule has 0 aromatic heterocycles. The Morgan fingerprint density at radius 1 is 1.64 bits per heavy atom. The van der Waals surface area contributed by atoms with Crippen molar-refractivity contribution in [2.24, 2.45) is 11.8 Å². The molecular formula is C10H19N. The lowest BCUT2D eigenvalue weighted by molar-refractivity contribution is 0.433. The molecule has 11 heavy (non-hydrogen) atoms. The van der Waals surface area contributed by atoms with Gasteiger partial charge in [0.2, 0.25) is 0 Å². The number of nitrogens with one attached hydrogen (secondary N) is 1. The molecule has 0 radical (unpaired) electrons. The molecule has 0 aromatic carbocycles. The standard InChI is InChI=1S/C10H17N.H2/c1-7(2)9-6-10(4-5-10)11-8(9)3;/h7,9,11H,3-6H2,1-2H3;1H. The lowest BCUT2D eigenvalue weighted by Crippen LogP contribution is -2.20. The maximum atomic E-state index is 4.08. The van der Waals surface area contributed by atoms with Gasteiger partial charge >= 0.3 is 0 Å². The van der Waals surface area contributed by atoms with Gasteiger partial charge in [0.05, 0.1) is 0 Å². The van der Waals surface area contributed by atoms with Crippen LogP contribution < -0.4 is 5.32 Å². The van der Waals surface area contributed by atoms with Gasteiger partial charge in [-0.05, 0) is 25.2 Å². The molecule has 1 unspecified atom stereocenters. The summed E-state index contributed by atoms with van der Waals surface area (Å²) in [6.45, 7) is 8.66. The van der Waals surface area contributed by atoms with Crippen molar-refractivity contribution in [2.75, 3.05) is 0 Å². The zero-order valence-electron chi connectivity index (χ0n) is 7.48. The second kappa shape index (κ2) is 2.02. The fraction of sp³-hybridized carbons (Fsp3) is 0.800. The highest BCUT2D eigenvalue weighted by molar-refractivity contribution is 5.21. The molecule has 1 spiro atoms. The molecule has 1 atom stereocenters. The van der Waals surface area contributed by atoms with E-state index in [9.17, 15) is 0 Å². The van der Waals surface area contributed by atoms with E-state index < -0.39 is 0 Å². The van der Waals surface area contributed by atoms with E-state index in [2.05, 4.69) is 25.7 Å². The van der Waals surface area contributed by atoms with Gasteiger partial charge in [0, 0.05) is 18.6 Å². The van der Waals surface area contributed by atoms with E-state index in [1.807, 2.05) is 0 Å². The van der Waals surface area contributed by atoms with Crippen molar-refractivity contribution >= 4 is 0 Å². The monoisotopic (exact) mass is 153 g/mol. The molecule has 2 rings (SSSR count). The van der Waals surface area contributed by atoms with Crippen LogP contribution in [-0.4, -0.2) is 5.54 Å². The second-order valence-corrected chi connectivity index (χ2v) is 4.49. The number of hydrogen-bond acceptors (Lipinski definition) is 1. The molecule has 1 saturated carbocycles. The summed E-state index contributed by atoms with van der Waals surface area (Å²) in [4.78, 5) is 0. The maximum Gasteiger partial charge on any atom is 0.0379 e. The lowest BCUT2D eigenvalue weighted by atomic mass is 9.91. The molecule has 0 amide bonds. The Morgan fingerprint density at radius 3 is 2.55 bits per heavy atom. The predicted molar refractivity (Wildman–Crippen MR) is 49.3 cm³/mol. The molecule has 1 heterocycles. The highest BCUT2D eigenvalue weighted by Gasteiger charge is 2.50. The maximum absolute atomic E-state index is 4.08. The van der Waals surface area contributed by atoms with Gasteiger partial charge in [0.25, 0.3) is 0 Å². The molecule has 0 bridgehead atoms. The van der Waals surface area contributed by atoms with Crippen LogP contribution in [0.15, 0.2) is 12.3 Å². The van der Waals surface area contributed by atoms with Crippen LogP contribution >= 0.6 is 0 Å². The summed E-state index contributed by atoms with van der Waals surface area (Å²) >= 11 is 0. The minimum Gasteiger partial charge on any atom is -0.383 e. The Morgan fingerprint density at radius 2 is 2.27 bits per heavy atom. The van der Waals surface area contributed by atoms with Crippen molar-refractivity contribution in [1.82, 2.24) is 5.32 Å². The average molecular weight is 153 g/mol. The number of allylic oxidation sites excluding steroid dienone is 1. The van der Waals surface area contributed by atoms with Crippen LogP contribution in [0.25, 0.3) is 0 Å². The topological polar surface area (TPSA) is 12.0 Å². The van der Waals surface area contributed by atoms with Gasteiger partial charge in [0.15, 0.2) is 0 Å². The van der Waals surface area contributed by atoms with Crippen molar-refractivity contribution in [1.29, 1.82) is 0 Å². The zero-order chi connectivity index (χ0) is 8.06. The molecule has 1 aliphatic heterocycles. The fourth-order valence-electron chi connectivity index (χ4n) is 2.15. The number of hydrogen-bond donors (Lipinski definition) is 1. The van der Waals surface area contributed by atoms with Crippen LogP contribution in [-0.2, 0) is 0 Å². The van der Waals surface area contributed by atoms with Crippen LogP contribution in [0.3, 0.4) is 0 Å². The zero-order valence-corrected chi connectivity index (χ0v) is 7.48. The minimum atomic E-state index is 0. The normalized spacial score (nSPS) is 33.0. The highest BCUT2D eigenvalue weighted by atomic mass is 15.1. The van der Waals surface area contributed by atoms with Gasteiger partial charge in [0.1, 0.15) is 0 Å². The van der Waals surface area contributed by atoms with Crippen LogP contribution in [0.2, 0.25) is 0 Å².